The summed E-state index contributed by atoms with van der Waals surface area (Å²) in [7, 11) is 0. The number of hydrogen-bond acceptors (Lipinski definition) is 1. The minimum atomic E-state index is -0.209. The second-order valence-electron chi connectivity index (χ2n) is 2.15. The van der Waals surface area contributed by atoms with Crippen molar-refractivity contribution in [3.05, 3.63) is 0 Å². The fraction of sp³-hybridized carbons (Fsp3) is 1.00. The molecular weight excluding hydrogens is 105 g/mol. The van der Waals surface area contributed by atoms with Crippen LogP contribution >= 0.6 is 0 Å². The summed E-state index contributed by atoms with van der Waals surface area (Å²) in [6, 6.07) is 0.488. The minimum absolute atomic E-state index is 0.209. The predicted molar refractivity (Wildman–Crippen MR) is 33.7 cm³/mol. The summed E-state index contributed by atoms with van der Waals surface area (Å²) in [6.45, 7) is 4.70. The van der Waals surface area contributed by atoms with Crippen LogP contribution in [0.4, 0.5) is 4.39 Å². The van der Waals surface area contributed by atoms with E-state index in [0.717, 1.165) is 6.54 Å². The number of alkyl halides is 1. The Hall–Kier alpha value is -0.110. The molecule has 2 heteroatoms. The highest BCUT2D eigenvalue weighted by atomic mass is 19.1. The molecule has 0 radical (unpaired) electrons. The Labute approximate surface area is 50.3 Å². The average molecular weight is 119 g/mol. The van der Waals surface area contributed by atoms with Crippen molar-refractivity contribution in [3.63, 3.8) is 0 Å². The summed E-state index contributed by atoms with van der Waals surface area (Å²) in [5, 5.41) is 3.11. The number of halogens is 1. The van der Waals surface area contributed by atoms with Crippen LogP contribution in [-0.4, -0.2) is 19.3 Å². The number of nitrogens with one attached hydrogen (secondary N) is 1. The molecule has 0 aromatic heterocycles. The molecule has 0 unspecified atom stereocenters. The Morgan fingerprint density at radius 1 is 1.50 bits per heavy atom. The SMILES string of the molecule is CC(C)NCCCF. The van der Waals surface area contributed by atoms with E-state index in [-0.39, 0.29) is 6.67 Å². The van der Waals surface area contributed by atoms with Crippen LogP contribution in [0.5, 0.6) is 0 Å². The van der Waals surface area contributed by atoms with Crippen LogP contribution in [0.3, 0.4) is 0 Å². The fourth-order valence-corrected chi connectivity index (χ4v) is 0.458. The summed E-state index contributed by atoms with van der Waals surface area (Å²) in [6.07, 6.45) is 0.637. The maximum Gasteiger partial charge on any atom is 0.0906 e. The van der Waals surface area contributed by atoms with E-state index in [4.69, 9.17) is 0 Å². The Morgan fingerprint density at radius 2 is 2.12 bits per heavy atom. The smallest absolute Gasteiger partial charge is 0.0906 e. The summed E-state index contributed by atoms with van der Waals surface area (Å²) >= 11 is 0. The second kappa shape index (κ2) is 5.04. The van der Waals surface area contributed by atoms with Crippen LogP contribution in [0.25, 0.3) is 0 Å². The van der Waals surface area contributed by atoms with E-state index in [1.54, 1.807) is 0 Å². The third-order valence-electron chi connectivity index (χ3n) is 0.863. The van der Waals surface area contributed by atoms with Gasteiger partial charge in [-0.25, -0.2) is 0 Å². The van der Waals surface area contributed by atoms with Crippen molar-refractivity contribution in [1.82, 2.24) is 5.32 Å². The molecule has 0 aliphatic carbocycles. The topological polar surface area (TPSA) is 12.0 Å². The zero-order valence-electron chi connectivity index (χ0n) is 5.58. The van der Waals surface area contributed by atoms with E-state index in [2.05, 4.69) is 19.2 Å². The van der Waals surface area contributed by atoms with Gasteiger partial charge in [-0.15, -0.1) is 0 Å². The first kappa shape index (κ1) is 7.89. The van der Waals surface area contributed by atoms with Gasteiger partial charge in [0.15, 0.2) is 0 Å². The number of hydrogen-bond donors (Lipinski definition) is 1. The van der Waals surface area contributed by atoms with Crippen molar-refractivity contribution in [2.24, 2.45) is 0 Å². The Morgan fingerprint density at radius 3 is 2.50 bits per heavy atom. The molecule has 1 nitrogen and oxygen atoms in total. The predicted octanol–water partition coefficient (Wildman–Crippen LogP) is 1.34. The van der Waals surface area contributed by atoms with E-state index in [1.165, 1.54) is 0 Å². The van der Waals surface area contributed by atoms with Gasteiger partial charge in [-0.1, -0.05) is 13.8 Å². The average Bonchev–Trinajstić information content (AvgIpc) is 1.66. The summed E-state index contributed by atoms with van der Waals surface area (Å²) in [4.78, 5) is 0. The van der Waals surface area contributed by atoms with Gasteiger partial charge in [0, 0.05) is 6.04 Å². The van der Waals surface area contributed by atoms with E-state index >= 15 is 0 Å². The molecule has 50 valence electrons. The molecule has 0 saturated carbocycles. The Balaban J connectivity index is 2.72. The maximum atomic E-state index is 11.4. The van der Waals surface area contributed by atoms with E-state index in [1.807, 2.05) is 0 Å². The van der Waals surface area contributed by atoms with Crippen LogP contribution in [0.1, 0.15) is 20.3 Å². The van der Waals surface area contributed by atoms with Crippen molar-refractivity contribution >= 4 is 0 Å². The van der Waals surface area contributed by atoms with Gasteiger partial charge in [0.25, 0.3) is 0 Å². The molecule has 1 N–H and O–H groups in total. The first-order valence-electron chi connectivity index (χ1n) is 3.06. The van der Waals surface area contributed by atoms with E-state index in [0.29, 0.717) is 12.5 Å². The Bertz CT molecular complexity index is 45.8. The quantitative estimate of drug-likeness (QED) is 0.551. The second-order valence-corrected chi connectivity index (χ2v) is 2.15. The van der Waals surface area contributed by atoms with Gasteiger partial charge < -0.3 is 5.32 Å². The largest absolute Gasteiger partial charge is 0.314 e. The molecule has 0 bridgehead atoms. The molecule has 8 heavy (non-hydrogen) atoms. The maximum absolute atomic E-state index is 11.4. The molecule has 0 rings (SSSR count). The molecule has 0 aromatic rings. The molecule has 0 fully saturated rings. The highest BCUT2D eigenvalue weighted by Crippen LogP contribution is 1.79. The lowest BCUT2D eigenvalue weighted by Crippen LogP contribution is -2.23. The molecule has 0 saturated heterocycles. The van der Waals surface area contributed by atoms with Crippen molar-refractivity contribution in [1.29, 1.82) is 0 Å². The van der Waals surface area contributed by atoms with Crippen molar-refractivity contribution in [3.8, 4) is 0 Å². The first-order valence-corrected chi connectivity index (χ1v) is 3.06. The normalized spacial score (nSPS) is 10.5. The van der Waals surface area contributed by atoms with Crippen LogP contribution < -0.4 is 5.32 Å². The molecule has 0 heterocycles. The lowest BCUT2D eigenvalue weighted by molar-refractivity contribution is 0.449. The molecule has 0 aliphatic heterocycles. The van der Waals surface area contributed by atoms with Crippen molar-refractivity contribution in [2.75, 3.05) is 13.2 Å². The van der Waals surface area contributed by atoms with Crippen LogP contribution in [-0.2, 0) is 0 Å². The van der Waals surface area contributed by atoms with Gasteiger partial charge in [0.05, 0.1) is 6.67 Å². The van der Waals surface area contributed by atoms with Gasteiger partial charge in [-0.3, -0.25) is 4.39 Å². The summed E-state index contributed by atoms with van der Waals surface area (Å²) in [5.74, 6) is 0. The van der Waals surface area contributed by atoms with Gasteiger partial charge in [-0.05, 0) is 13.0 Å². The van der Waals surface area contributed by atoms with Crippen molar-refractivity contribution in [2.45, 2.75) is 26.3 Å². The van der Waals surface area contributed by atoms with Crippen LogP contribution in [0.15, 0.2) is 0 Å². The van der Waals surface area contributed by atoms with E-state index < -0.39 is 0 Å². The van der Waals surface area contributed by atoms with E-state index in [9.17, 15) is 4.39 Å². The summed E-state index contributed by atoms with van der Waals surface area (Å²) in [5.41, 5.74) is 0. The van der Waals surface area contributed by atoms with Crippen LogP contribution in [0.2, 0.25) is 0 Å². The molecule has 0 spiro atoms. The van der Waals surface area contributed by atoms with Gasteiger partial charge in [0.2, 0.25) is 0 Å². The highest BCUT2D eigenvalue weighted by Gasteiger charge is 1.88. The molecule has 0 atom stereocenters. The van der Waals surface area contributed by atoms with Gasteiger partial charge in [-0.2, -0.15) is 0 Å². The molecular formula is C6H14FN. The van der Waals surface area contributed by atoms with Crippen LogP contribution in [0, 0.1) is 0 Å². The highest BCUT2D eigenvalue weighted by molar-refractivity contribution is 4.50. The zero-order valence-corrected chi connectivity index (χ0v) is 5.58. The number of rotatable bonds is 4. The lowest BCUT2D eigenvalue weighted by atomic mass is 10.3. The monoisotopic (exact) mass is 119 g/mol. The molecule has 0 amide bonds. The third-order valence-corrected chi connectivity index (χ3v) is 0.863. The first-order chi connectivity index (χ1) is 3.77. The van der Waals surface area contributed by atoms with Gasteiger partial charge in [0.1, 0.15) is 0 Å². The molecule has 0 aliphatic rings. The Kier molecular flexibility index (Phi) is 4.97. The summed E-state index contributed by atoms with van der Waals surface area (Å²) < 4.78 is 11.4. The van der Waals surface area contributed by atoms with Gasteiger partial charge >= 0.3 is 0 Å². The minimum Gasteiger partial charge on any atom is -0.314 e. The third kappa shape index (κ3) is 5.89. The lowest BCUT2D eigenvalue weighted by Gasteiger charge is -2.04. The molecule has 0 aromatic carbocycles. The standard InChI is InChI=1S/C6H14FN/c1-6(2)8-5-3-4-7/h6,8H,3-5H2,1-2H3. The fourth-order valence-electron chi connectivity index (χ4n) is 0.458. The van der Waals surface area contributed by atoms with Crippen molar-refractivity contribution < 1.29 is 4.39 Å². The zero-order chi connectivity index (χ0) is 6.41.